The molecule has 16 heavy (non-hydrogen) atoms. The zero-order valence-corrected chi connectivity index (χ0v) is 12.1. The van der Waals surface area contributed by atoms with Crippen molar-refractivity contribution in [1.29, 1.82) is 0 Å². The highest BCUT2D eigenvalue weighted by molar-refractivity contribution is 8.34. The van der Waals surface area contributed by atoms with Gasteiger partial charge >= 0.3 is 0 Å². The lowest BCUT2D eigenvalue weighted by Gasteiger charge is -2.45. The van der Waals surface area contributed by atoms with Crippen molar-refractivity contribution in [2.24, 2.45) is 0 Å². The molecule has 1 aliphatic rings. The summed E-state index contributed by atoms with van der Waals surface area (Å²) < 4.78 is 0. The zero-order valence-electron chi connectivity index (χ0n) is 11.2. The van der Waals surface area contributed by atoms with E-state index in [9.17, 15) is 0 Å². The first-order valence-electron chi connectivity index (χ1n) is 6.87. The first kappa shape index (κ1) is 13.9. The van der Waals surface area contributed by atoms with Crippen LogP contribution in [0.4, 0.5) is 0 Å². The van der Waals surface area contributed by atoms with Crippen LogP contribution in [0, 0.1) is 0 Å². The zero-order chi connectivity index (χ0) is 11.9. The number of rotatable bonds is 7. The van der Waals surface area contributed by atoms with Crippen LogP contribution in [0.2, 0.25) is 0 Å². The summed E-state index contributed by atoms with van der Waals surface area (Å²) in [4.78, 5) is 0. The average Bonchev–Trinajstić information content (AvgIpc) is 2.31. The lowest BCUT2D eigenvalue weighted by molar-refractivity contribution is 0.999. The van der Waals surface area contributed by atoms with E-state index in [2.05, 4.69) is 45.1 Å². The van der Waals surface area contributed by atoms with Crippen LogP contribution in [0.3, 0.4) is 0 Å². The topological polar surface area (TPSA) is 0 Å². The van der Waals surface area contributed by atoms with Gasteiger partial charge in [0, 0.05) is 5.25 Å². The molecule has 0 saturated heterocycles. The Morgan fingerprint density at radius 2 is 1.31 bits per heavy atom. The Labute approximate surface area is 104 Å². The van der Waals surface area contributed by atoms with E-state index in [1.165, 1.54) is 36.5 Å². The Hall–Kier alpha value is -0.170. The Kier molecular flexibility index (Phi) is 6.26. The summed E-state index contributed by atoms with van der Waals surface area (Å²) in [5.41, 5.74) is 0. The minimum absolute atomic E-state index is 0.422. The van der Waals surface area contributed by atoms with Crippen LogP contribution < -0.4 is 0 Å². The van der Waals surface area contributed by atoms with Crippen molar-refractivity contribution in [3.8, 4) is 0 Å². The van der Waals surface area contributed by atoms with Crippen LogP contribution in [0.5, 0.6) is 0 Å². The van der Waals surface area contributed by atoms with Gasteiger partial charge in [-0.3, -0.25) is 0 Å². The Morgan fingerprint density at radius 3 is 1.69 bits per heavy atom. The van der Waals surface area contributed by atoms with Crippen molar-refractivity contribution >= 4 is 10.0 Å². The van der Waals surface area contributed by atoms with Crippen molar-refractivity contribution < 1.29 is 0 Å². The summed E-state index contributed by atoms with van der Waals surface area (Å²) in [7, 11) is -0.422. The molecule has 0 aromatic rings. The molecule has 0 aromatic heterocycles. The molecule has 0 saturated carbocycles. The van der Waals surface area contributed by atoms with Gasteiger partial charge in [0.25, 0.3) is 0 Å². The standard InChI is InChI=1S/C15H28S/c1-4-12-16(13-5-2,14-6-3)15-10-8-7-9-11-15/h8-11,15H,4-7,12-14H2,1-3H3. The average molecular weight is 240 g/mol. The third-order valence-corrected chi connectivity index (χ3v) is 8.47. The molecule has 0 heterocycles. The molecule has 1 heteroatoms. The first-order chi connectivity index (χ1) is 7.79. The van der Waals surface area contributed by atoms with Crippen LogP contribution in [0.25, 0.3) is 0 Å². The second-order valence-corrected chi connectivity index (χ2v) is 8.78. The molecule has 0 radical (unpaired) electrons. The molecule has 0 aliphatic heterocycles. The third-order valence-electron chi connectivity index (χ3n) is 3.33. The molecule has 0 spiro atoms. The number of hydrogen-bond acceptors (Lipinski definition) is 0. The summed E-state index contributed by atoms with van der Waals surface area (Å²) in [6, 6.07) is 0. The molecule has 0 fully saturated rings. The van der Waals surface area contributed by atoms with Crippen LogP contribution in [0.15, 0.2) is 24.3 Å². The third kappa shape index (κ3) is 3.41. The van der Waals surface area contributed by atoms with Crippen LogP contribution in [-0.4, -0.2) is 22.5 Å². The van der Waals surface area contributed by atoms with Crippen molar-refractivity contribution in [2.45, 2.75) is 51.7 Å². The maximum absolute atomic E-state index is 2.50. The van der Waals surface area contributed by atoms with Gasteiger partial charge in [-0.15, -0.1) is 0 Å². The van der Waals surface area contributed by atoms with E-state index in [4.69, 9.17) is 0 Å². The number of allylic oxidation sites excluding steroid dienone is 2. The van der Waals surface area contributed by atoms with Crippen molar-refractivity contribution in [2.75, 3.05) is 17.3 Å². The molecule has 0 aromatic carbocycles. The molecule has 0 unspecified atom stereocenters. The quantitative estimate of drug-likeness (QED) is 0.555. The molecule has 0 bridgehead atoms. The van der Waals surface area contributed by atoms with Gasteiger partial charge in [-0.05, 0) is 42.9 Å². The maximum atomic E-state index is 2.50. The van der Waals surface area contributed by atoms with E-state index in [0.717, 1.165) is 11.7 Å². The Bertz CT molecular complexity index is 211. The monoisotopic (exact) mass is 240 g/mol. The van der Waals surface area contributed by atoms with Crippen molar-refractivity contribution in [1.82, 2.24) is 0 Å². The predicted octanol–water partition coefficient (Wildman–Crippen LogP) is 4.91. The second kappa shape index (κ2) is 7.21. The van der Waals surface area contributed by atoms with Gasteiger partial charge in [-0.1, -0.05) is 45.1 Å². The fourth-order valence-electron chi connectivity index (χ4n) is 2.84. The fourth-order valence-corrected chi connectivity index (χ4v) is 7.59. The van der Waals surface area contributed by atoms with Gasteiger partial charge < -0.3 is 0 Å². The Morgan fingerprint density at radius 1 is 0.875 bits per heavy atom. The smallest absolute Gasteiger partial charge is 0.0252 e. The van der Waals surface area contributed by atoms with E-state index in [0.29, 0.717) is 0 Å². The highest BCUT2D eigenvalue weighted by Crippen LogP contribution is 2.55. The molecule has 94 valence electrons. The molecule has 0 nitrogen and oxygen atoms in total. The first-order valence-corrected chi connectivity index (χ1v) is 9.08. The van der Waals surface area contributed by atoms with Gasteiger partial charge in [-0.25, -0.2) is 10.0 Å². The van der Waals surface area contributed by atoms with E-state index >= 15 is 0 Å². The van der Waals surface area contributed by atoms with E-state index in [1.54, 1.807) is 0 Å². The summed E-state index contributed by atoms with van der Waals surface area (Å²) >= 11 is 0. The van der Waals surface area contributed by atoms with Crippen LogP contribution >= 0.6 is 10.0 Å². The van der Waals surface area contributed by atoms with Crippen LogP contribution in [0.1, 0.15) is 46.5 Å². The van der Waals surface area contributed by atoms with Gasteiger partial charge in [0.2, 0.25) is 0 Å². The van der Waals surface area contributed by atoms with E-state index in [1.807, 2.05) is 0 Å². The van der Waals surface area contributed by atoms with Gasteiger partial charge in [0.05, 0.1) is 0 Å². The lowest BCUT2D eigenvalue weighted by Crippen LogP contribution is -2.24. The van der Waals surface area contributed by atoms with Gasteiger partial charge in [0.15, 0.2) is 0 Å². The van der Waals surface area contributed by atoms with E-state index < -0.39 is 10.0 Å². The Balaban J connectivity index is 2.83. The molecule has 0 N–H and O–H groups in total. The second-order valence-electron chi connectivity index (χ2n) is 4.78. The minimum Gasteiger partial charge on any atom is -0.231 e. The van der Waals surface area contributed by atoms with E-state index in [-0.39, 0.29) is 0 Å². The molecule has 0 atom stereocenters. The fraction of sp³-hybridized carbons (Fsp3) is 0.733. The maximum Gasteiger partial charge on any atom is 0.0252 e. The predicted molar refractivity (Wildman–Crippen MR) is 79.8 cm³/mol. The van der Waals surface area contributed by atoms with Crippen molar-refractivity contribution in [3.05, 3.63) is 24.3 Å². The molecule has 1 aliphatic carbocycles. The normalized spacial score (nSPS) is 17.9. The molecular formula is C15H28S. The minimum atomic E-state index is -0.422. The summed E-state index contributed by atoms with van der Waals surface area (Å²) in [6.07, 6.45) is 14.9. The highest BCUT2D eigenvalue weighted by atomic mass is 32.3. The van der Waals surface area contributed by atoms with Crippen molar-refractivity contribution in [3.63, 3.8) is 0 Å². The largest absolute Gasteiger partial charge is 0.231 e. The molecule has 0 amide bonds. The van der Waals surface area contributed by atoms with Gasteiger partial charge in [0.1, 0.15) is 0 Å². The summed E-state index contributed by atoms with van der Waals surface area (Å²) in [5.74, 6) is 4.40. The molecule has 1 rings (SSSR count). The summed E-state index contributed by atoms with van der Waals surface area (Å²) in [5, 5.41) is 0.779. The van der Waals surface area contributed by atoms with Crippen LogP contribution in [-0.2, 0) is 0 Å². The number of hydrogen-bond donors (Lipinski definition) is 0. The SMILES string of the molecule is CCCS(CCC)(CCC)C1C=CCC=C1. The van der Waals surface area contributed by atoms with Gasteiger partial charge in [-0.2, -0.15) is 0 Å². The lowest BCUT2D eigenvalue weighted by atomic mass is 10.2. The summed E-state index contributed by atoms with van der Waals surface area (Å²) in [6.45, 7) is 7.05. The highest BCUT2D eigenvalue weighted by Gasteiger charge is 2.28. The molecular weight excluding hydrogens is 212 g/mol.